The SMILES string of the molecule is C[C@]12CCCCC1=N[C@@H](c1ccccc1O)N2O. The van der Waals surface area contributed by atoms with Crippen LogP contribution in [0.5, 0.6) is 5.75 Å². The average molecular weight is 246 g/mol. The predicted molar refractivity (Wildman–Crippen MR) is 68.8 cm³/mol. The minimum Gasteiger partial charge on any atom is -0.508 e. The maximum atomic E-state index is 10.4. The smallest absolute Gasteiger partial charge is 0.154 e. The van der Waals surface area contributed by atoms with Gasteiger partial charge in [0.2, 0.25) is 0 Å². The Kier molecular flexibility index (Phi) is 2.64. The van der Waals surface area contributed by atoms with Crippen LogP contribution >= 0.6 is 0 Å². The molecule has 0 amide bonds. The maximum Gasteiger partial charge on any atom is 0.154 e. The number of phenolic OH excluding ortho intramolecular Hbond substituents is 1. The van der Waals surface area contributed by atoms with Gasteiger partial charge in [-0.3, -0.25) is 4.99 Å². The normalized spacial score (nSPS) is 32.1. The summed E-state index contributed by atoms with van der Waals surface area (Å²) in [5, 5.41) is 21.6. The van der Waals surface area contributed by atoms with Crippen LogP contribution in [0.1, 0.15) is 44.3 Å². The van der Waals surface area contributed by atoms with E-state index in [1.54, 1.807) is 12.1 Å². The number of benzene rings is 1. The lowest BCUT2D eigenvalue weighted by molar-refractivity contribution is -0.168. The van der Waals surface area contributed by atoms with Gasteiger partial charge in [0, 0.05) is 11.3 Å². The summed E-state index contributed by atoms with van der Waals surface area (Å²) in [4.78, 5) is 4.63. The summed E-state index contributed by atoms with van der Waals surface area (Å²) in [5.74, 6) is 0.188. The Balaban J connectivity index is 2.01. The molecule has 0 saturated heterocycles. The predicted octanol–water partition coefficient (Wildman–Crippen LogP) is 2.87. The van der Waals surface area contributed by atoms with Crippen molar-refractivity contribution in [1.82, 2.24) is 5.06 Å². The first-order chi connectivity index (χ1) is 8.63. The van der Waals surface area contributed by atoms with Gasteiger partial charge >= 0.3 is 0 Å². The zero-order chi connectivity index (χ0) is 12.8. The van der Waals surface area contributed by atoms with Crippen molar-refractivity contribution < 1.29 is 10.3 Å². The second-order valence-electron chi connectivity index (χ2n) is 5.33. The van der Waals surface area contributed by atoms with Crippen LogP contribution in [0.25, 0.3) is 0 Å². The minimum atomic E-state index is -0.468. The number of para-hydroxylation sites is 1. The third kappa shape index (κ3) is 1.56. The summed E-state index contributed by atoms with van der Waals surface area (Å²) in [5.41, 5.74) is 1.37. The molecule has 0 unspecified atom stereocenters. The van der Waals surface area contributed by atoms with E-state index in [0.29, 0.717) is 5.56 Å². The molecule has 96 valence electrons. The van der Waals surface area contributed by atoms with Crippen molar-refractivity contribution in [2.24, 2.45) is 4.99 Å². The van der Waals surface area contributed by atoms with Gasteiger partial charge in [0.15, 0.2) is 6.17 Å². The lowest BCUT2D eigenvalue weighted by Gasteiger charge is -2.36. The van der Waals surface area contributed by atoms with Crippen molar-refractivity contribution in [3.8, 4) is 5.75 Å². The summed E-state index contributed by atoms with van der Waals surface area (Å²) in [6.45, 7) is 2.03. The van der Waals surface area contributed by atoms with E-state index >= 15 is 0 Å². The summed E-state index contributed by atoms with van der Waals surface area (Å²) in [6, 6.07) is 7.08. The molecule has 2 atom stereocenters. The zero-order valence-corrected chi connectivity index (χ0v) is 10.5. The first kappa shape index (κ1) is 11.7. The Labute approximate surface area is 107 Å². The van der Waals surface area contributed by atoms with Crippen LogP contribution in [0.15, 0.2) is 29.3 Å². The van der Waals surface area contributed by atoms with Gasteiger partial charge in [0.25, 0.3) is 0 Å². The number of aromatic hydroxyl groups is 1. The molecule has 18 heavy (non-hydrogen) atoms. The molecule has 0 radical (unpaired) electrons. The van der Waals surface area contributed by atoms with Crippen LogP contribution < -0.4 is 0 Å². The first-order valence-corrected chi connectivity index (χ1v) is 6.46. The lowest BCUT2D eigenvalue weighted by atomic mass is 9.82. The quantitative estimate of drug-likeness (QED) is 0.801. The van der Waals surface area contributed by atoms with Gasteiger partial charge in [-0.2, -0.15) is 5.06 Å². The van der Waals surface area contributed by atoms with E-state index in [9.17, 15) is 10.3 Å². The molecule has 0 aromatic heterocycles. The Morgan fingerprint density at radius 3 is 2.83 bits per heavy atom. The number of phenols is 1. The molecule has 1 aromatic rings. The number of aliphatic imine (C=N–C) groups is 1. The molecule has 1 aliphatic carbocycles. The molecule has 2 aliphatic rings. The number of hydrogen-bond acceptors (Lipinski definition) is 4. The van der Waals surface area contributed by atoms with Crippen molar-refractivity contribution in [1.29, 1.82) is 0 Å². The van der Waals surface area contributed by atoms with Crippen LogP contribution in [0.3, 0.4) is 0 Å². The molecule has 1 fully saturated rings. The third-order valence-corrected chi connectivity index (χ3v) is 4.18. The highest BCUT2D eigenvalue weighted by Crippen LogP contribution is 2.44. The number of fused-ring (bicyclic) bond motifs is 1. The Bertz CT molecular complexity index is 500. The number of nitrogens with zero attached hydrogens (tertiary/aromatic N) is 2. The van der Waals surface area contributed by atoms with Gasteiger partial charge in [-0.1, -0.05) is 24.6 Å². The fraction of sp³-hybridized carbons (Fsp3) is 0.500. The number of hydrogen-bond donors (Lipinski definition) is 2. The molecule has 4 heteroatoms. The Morgan fingerprint density at radius 2 is 2.11 bits per heavy atom. The zero-order valence-electron chi connectivity index (χ0n) is 10.5. The monoisotopic (exact) mass is 246 g/mol. The highest BCUT2D eigenvalue weighted by atomic mass is 16.5. The number of rotatable bonds is 1. The van der Waals surface area contributed by atoms with Crippen LogP contribution in [0.4, 0.5) is 0 Å². The average Bonchev–Trinajstić information content (AvgIpc) is 2.63. The molecule has 2 N–H and O–H groups in total. The van der Waals surface area contributed by atoms with E-state index in [0.717, 1.165) is 31.4 Å². The van der Waals surface area contributed by atoms with E-state index < -0.39 is 6.17 Å². The van der Waals surface area contributed by atoms with Crippen LogP contribution in [-0.2, 0) is 0 Å². The van der Waals surface area contributed by atoms with Crippen LogP contribution in [-0.4, -0.2) is 26.6 Å². The molecular weight excluding hydrogens is 228 g/mol. The molecular formula is C14H18N2O2. The molecule has 1 saturated carbocycles. The molecule has 0 bridgehead atoms. The van der Waals surface area contributed by atoms with Crippen molar-refractivity contribution in [2.75, 3.05) is 0 Å². The van der Waals surface area contributed by atoms with Crippen LogP contribution in [0.2, 0.25) is 0 Å². The standard InChI is InChI=1S/C14H18N2O2/c1-14-9-5-4-8-12(14)15-13(16(14)18)10-6-2-3-7-11(10)17/h2-3,6-7,13,17-18H,4-5,8-9H2,1H3/t13-,14+/m1/s1. The first-order valence-electron chi connectivity index (χ1n) is 6.46. The van der Waals surface area contributed by atoms with Crippen LogP contribution in [0, 0.1) is 0 Å². The fourth-order valence-electron chi connectivity index (χ4n) is 3.00. The van der Waals surface area contributed by atoms with E-state index in [1.165, 1.54) is 5.06 Å². The van der Waals surface area contributed by atoms with Gasteiger partial charge in [-0.15, -0.1) is 0 Å². The van der Waals surface area contributed by atoms with Gasteiger partial charge < -0.3 is 10.3 Å². The van der Waals surface area contributed by atoms with E-state index in [2.05, 4.69) is 4.99 Å². The lowest BCUT2D eigenvalue weighted by Crippen LogP contribution is -2.48. The van der Waals surface area contributed by atoms with Crippen molar-refractivity contribution in [2.45, 2.75) is 44.3 Å². The summed E-state index contributed by atoms with van der Waals surface area (Å²) >= 11 is 0. The second-order valence-corrected chi connectivity index (χ2v) is 5.33. The molecule has 4 nitrogen and oxygen atoms in total. The van der Waals surface area contributed by atoms with E-state index in [4.69, 9.17) is 0 Å². The maximum absolute atomic E-state index is 10.4. The van der Waals surface area contributed by atoms with Crippen molar-refractivity contribution in [3.05, 3.63) is 29.8 Å². The fourth-order valence-corrected chi connectivity index (χ4v) is 3.00. The molecule has 1 aromatic carbocycles. The van der Waals surface area contributed by atoms with E-state index in [1.807, 2.05) is 19.1 Å². The van der Waals surface area contributed by atoms with Crippen molar-refractivity contribution >= 4 is 5.71 Å². The number of hydroxylamine groups is 2. The van der Waals surface area contributed by atoms with E-state index in [-0.39, 0.29) is 11.3 Å². The Hall–Kier alpha value is -1.39. The second kappa shape index (κ2) is 4.07. The molecule has 3 rings (SSSR count). The van der Waals surface area contributed by atoms with Gasteiger partial charge in [-0.25, -0.2) is 0 Å². The minimum absolute atomic E-state index is 0.188. The highest BCUT2D eigenvalue weighted by molar-refractivity contribution is 5.95. The molecule has 1 aliphatic heterocycles. The Morgan fingerprint density at radius 1 is 1.33 bits per heavy atom. The van der Waals surface area contributed by atoms with Gasteiger partial charge in [-0.05, 0) is 32.3 Å². The third-order valence-electron chi connectivity index (χ3n) is 4.18. The van der Waals surface area contributed by atoms with Gasteiger partial charge in [0.05, 0.1) is 5.54 Å². The highest BCUT2D eigenvalue weighted by Gasteiger charge is 2.47. The largest absolute Gasteiger partial charge is 0.508 e. The summed E-state index contributed by atoms with van der Waals surface area (Å²) in [6.07, 6.45) is 3.64. The van der Waals surface area contributed by atoms with Crippen molar-refractivity contribution in [3.63, 3.8) is 0 Å². The van der Waals surface area contributed by atoms with Gasteiger partial charge in [0.1, 0.15) is 5.75 Å². The molecule has 1 heterocycles. The summed E-state index contributed by atoms with van der Waals surface area (Å²) in [7, 11) is 0. The molecule has 0 spiro atoms. The topological polar surface area (TPSA) is 56.1 Å². The summed E-state index contributed by atoms with van der Waals surface area (Å²) < 4.78 is 0.